The molecular weight excluding hydrogens is 544 g/mol. The maximum atomic E-state index is 5.87. The highest BCUT2D eigenvalue weighted by Crippen LogP contribution is 2.38. The highest BCUT2D eigenvalue weighted by Gasteiger charge is 2.29. The topological polar surface area (TPSA) is 69.0 Å². The largest absolute Gasteiger partial charge is 0.474 e. The van der Waals surface area contributed by atoms with Gasteiger partial charge in [-0.15, -0.1) is 0 Å². The number of ether oxygens (including phenoxy) is 2. The maximum absolute atomic E-state index is 5.87. The molecular formula is C38H32N4O2. The summed E-state index contributed by atoms with van der Waals surface area (Å²) in [5, 5.41) is 7.20. The Balaban J connectivity index is 1.24. The summed E-state index contributed by atoms with van der Waals surface area (Å²) >= 11 is 0. The molecule has 6 heteroatoms. The van der Waals surface area contributed by atoms with Gasteiger partial charge in [-0.3, -0.25) is 0 Å². The Morgan fingerprint density at radius 3 is 1.27 bits per heavy atom. The summed E-state index contributed by atoms with van der Waals surface area (Å²) in [7, 11) is 0. The van der Waals surface area contributed by atoms with E-state index in [1.165, 1.54) is 32.3 Å². The molecule has 6 aromatic rings. The van der Waals surface area contributed by atoms with Crippen molar-refractivity contribution in [3.8, 4) is 22.5 Å². The average Bonchev–Trinajstić information content (AvgIpc) is 3.61. The van der Waals surface area contributed by atoms with Gasteiger partial charge in [0.15, 0.2) is 0 Å². The van der Waals surface area contributed by atoms with Gasteiger partial charge in [-0.05, 0) is 96.4 Å². The third-order valence-corrected chi connectivity index (χ3v) is 8.30. The molecule has 0 unspecified atom stereocenters. The standard InChI is InChI=1S/C38H32N4O2/c1-37(2)21-43-35(41-37)33-13-7-11-31(39-33)23-15-17-27-28-18-16-24(20-30(28)26-10-6-5-9-25(26)29(27)19-23)32-12-8-14-34(40-32)36-42-38(3,4)22-44-36/h5-20H,21-22H2,1-4H3. The number of hydrogen-bond acceptors (Lipinski definition) is 6. The summed E-state index contributed by atoms with van der Waals surface area (Å²) in [4.78, 5) is 19.3. The summed E-state index contributed by atoms with van der Waals surface area (Å²) < 4.78 is 11.7. The lowest BCUT2D eigenvalue weighted by Gasteiger charge is -2.13. The zero-order chi connectivity index (χ0) is 30.1. The number of aromatic nitrogens is 2. The lowest BCUT2D eigenvalue weighted by Crippen LogP contribution is -2.17. The van der Waals surface area contributed by atoms with Crippen molar-refractivity contribution < 1.29 is 9.47 Å². The normalized spacial score (nSPS) is 17.0. The Morgan fingerprint density at radius 1 is 0.455 bits per heavy atom. The van der Waals surface area contributed by atoms with Crippen LogP contribution in [0.3, 0.4) is 0 Å². The second-order valence-electron chi connectivity index (χ2n) is 12.9. The summed E-state index contributed by atoms with van der Waals surface area (Å²) in [6.07, 6.45) is 0. The van der Waals surface area contributed by atoms with Gasteiger partial charge in [0.1, 0.15) is 24.6 Å². The molecule has 0 saturated carbocycles. The van der Waals surface area contributed by atoms with E-state index in [1.807, 2.05) is 36.4 Å². The molecule has 0 atom stereocenters. The number of hydrogen-bond donors (Lipinski definition) is 0. The average molecular weight is 577 g/mol. The van der Waals surface area contributed by atoms with Crippen molar-refractivity contribution in [2.75, 3.05) is 13.2 Å². The lowest BCUT2D eigenvalue weighted by atomic mass is 9.91. The third-order valence-electron chi connectivity index (χ3n) is 8.30. The van der Waals surface area contributed by atoms with Crippen LogP contribution in [0, 0.1) is 0 Å². The smallest absolute Gasteiger partial charge is 0.236 e. The van der Waals surface area contributed by atoms with Gasteiger partial charge in [0, 0.05) is 11.1 Å². The van der Waals surface area contributed by atoms with Crippen molar-refractivity contribution in [1.82, 2.24) is 9.97 Å². The summed E-state index contributed by atoms with van der Waals surface area (Å²) in [6, 6.07) is 34.0. The van der Waals surface area contributed by atoms with Crippen LogP contribution in [0.5, 0.6) is 0 Å². The second kappa shape index (κ2) is 9.71. The SMILES string of the molecule is CC1(C)COC(c2cccc(-c3ccc4c5ccc(-c6cccc(C7=NC(C)(C)CO7)n6)cc5c5ccccc5c4c3)n2)=N1. The molecule has 4 aromatic carbocycles. The molecule has 8 rings (SSSR count). The molecule has 0 saturated heterocycles. The van der Waals surface area contributed by atoms with Gasteiger partial charge in [-0.2, -0.15) is 0 Å². The lowest BCUT2D eigenvalue weighted by molar-refractivity contribution is 0.279. The van der Waals surface area contributed by atoms with Crippen LogP contribution in [-0.2, 0) is 9.47 Å². The first kappa shape index (κ1) is 26.5. The van der Waals surface area contributed by atoms with Crippen molar-refractivity contribution in [2.24, 2.45) is 9.98 Å². The van der Waals surface area contributed by atoms with E-state index in [9.17, 15) is 0 Å². The molecule has 0 spiro atoms. The second-order valence-corrected chi connectivity index (χ2v) is 12.9. The van der Waals surface area contributed by atoms with Crippen molar-refractivity contribution in [3.63, 3.8) is 0 Å². The summed E-state index contributed by atoms with van der Waals surface area (Å²) in [5.41, 5.74) is 4.96. The first-order valence-corrected chi connectivity index (χ1v) is 15.0. The van der Waals surface area contributed by atoms with Crippen LogP contribution in [0.25, 0.3) is 54.8 Å². The van der Waals surface area contributed by atoms with Gasteiger partial charge in [0.05, 0.1) is 22.5 Å². The molecule has 44 heavy (non-hydrogen) atoms. The van der Waals surface area contributed by atoms with Crippen LogP contribution in [0.1, 0.15) is 39.1 Å². The molecule has 0 N–H and O–H groups in total. The quantitative estimate of drug-likeness (QED) is 0.198. The van der Waals surface area contributed by atoms with E-state index in [1.54, 1.807) is 0 Å². The van der Waals surface area contributed by atoms with E-state index < -0.39 is 0 Å². The maximum Gasteiger partial charge on any atom is 0.236 e. The fourth-order valence-corrected chi connectivity index (χ4v) is 6.14. The van der Waals surface area contributed by atoms with E-state index in [0.29, 0.717) is 25.0 Å². The fraction of sp³-hybridized carbons (Fsp3) is 0.211. The van der Waals surface area contributed by atoms with Crippen molar-refractivity contribution in [3.05, 3.63) is 108 Å². The number of benzene rings is 4. The van der Waals surface area contributed by atoms with Crippen molar-refractivity contribution in [1.29, 1.82) is 0 Å². The van der Waals surface area contributed by atoms with Gasteiger partial charge in [0.25, 0.3) is 0 Å². The van der Waals surface area contributed by atoms with Gasteiger partial charge in [-0.25, -0.2) is 20.0 Å². The molecule has 0 fully saturated rings. The molecule has 2 aliphatic heterocycles. The fourth-order valence-electron chi connectivity index (χ4n) is 6.14. The first-order valence-electron chi connectivity index (χ1n) is 15.0. The van der Waals surface area contributed by atoms with Crippen LogP contribution in [0.4, 0.5) is 0 Å². The van der Waals surface area contributed by atoms with Crippen LogP contribution >= 0.6 is 0 Å². The molecule has 0 aliphatic carbocycles. The highest BCUT2D eigenvalue weighted by molar-refractivity contribution is 6.26. The van der Waals surface area contributed by atoms with Crippen LogP contribution in [-0.4, -0.2) is 46.1 Å². The third kappa shape index (κ3) is 4.58. The number of pyridine rings is 2. The Kier molecular flexibility index (Phi) is 5.85. The first-order chi connectivity index (χ1) is 21.2. The number of rotatable bonds is 4. The zero-order valence-electron chi connectivity index (χ0n) is 25.3. The predicted molar refractivity (Wildman–Crippen MR) is 179 cm³/mol. The monoisotopic (exact) mass is 576 g/mol. The molecule has 2 aromatic heterocycles. The molecule has 216 valence electrons. The van der Waals surface area contributed by atoms with Gasteiger partial charge in [-0.1, -0.05) is 60.7 Å². The van der Waals surface area contributed by atoms with Crippen LogP contribution in [0.2, 0.25) is 0 Å². The van der Waals surface area contributed by atoms with Crippen LogP contribution in [0.15, 0.2) is 107 Å². The minimum Gasteiger partial charge on any atom is -0.474 e. The van der Waals surface area contributed by atoms with Crippen LogP contribution < -0.4 is 0 Å². The van der Waals surface area contributed by atoms with E-state index in [0.717, 1.165) is 33.9 Å². The van der Waals surface area contributed by atoms with Crippen molar-refractivity contribution in [2.45, 2.75) is 38.8 Å². The van der Waals surface area contributed by atoms with E-state index in [-0.39, 0.29) is 11.1 Å². The molecule has 2 aliphatic rings. The van der Waals surface area contributed by atoms with E-state index >= 15 is 0 Å². The van der Waals surface area contributed by atoms with E-state index in [2.05, 4.69) is 88.4 Å². The van der Waals surface area contributed by atoms with Gasteiger partial charge in [0.2, 0.25) is 11.8 Å². The predicted octanol–water partition coefficient (Wildman–Crippen LogP) is 8.38. The Labute approximate surface area is 256 Å². The summed E-state index contributed by atoms with van der Waals surface area (Å²) in [6.45, 7) is 9.41. The number of nitrogens with zero attached hydrogens (tertiary/aromatic N) is 4. The molecule has 6 nitrogen and oxygen atoms in total. The highest BCUT2D eigenvalue weighted by atomic mass is 16.5. The molecule has 4 heterocycles. The van der Waals surface area contributed by atoms with Gasteiger partial charge < -0.3 is 9.47 Å². The summed E-state index contributed by atoms with van der Waals surface area (Å²) in [5.74, 6) is 1.22. The van der Waals surface area contributed by atoms with Gasteiger partial charge >= 0.3 is 0 Å². The molecule has 0 radical (unpaired) electrons. The van der Waals surface area contributed by atoms with Crippen molar-refractivity contribution >= 4 is 44.1 Å². The molecule has 0 amide bonds. The number of fused-ring (bicyclic) bond motifs is 6. The number of aliphatic imine (C=N–C) groups is 2. The minimum atomic E-state index is -0.231. The molecule has 0 bridgehead atoms. The Hall–Kier alpha value is -5.10. The Morgan fingerprint density at radius 2 is 0.864 bits per heavy atom. The zero-order valence-corrected chi connectivity index (χ0v) is 25.3. The van der Waals surface area contributed by atoms with E-state index in [4.69, 9.17) is 29.4 Å². The Bertz CT molecular complexity index is 2020. The minimum absolute atomic E-state index is 0.231.